The minimum absolute atomic E-state index is 0.157. The first-order chi connectivity index (χ1) is 14.2. The van der Waals surface area contributed by atoms with Crippen LogP contribution in [0.3, 0.4) is 0 Å². The van der Waals surface area contributed by atoms with Gasteiger partial charge in [0.2, 0.25) is 0 Å². The van der Waals surface area contributed by atoms with E-state index in [4.69, 9.17) is 16.3 Å². The second-order valence-corrected chi connectivity index (χ2v) is 7.68. The Morgan fingerprint density at radius 2 is 2.00 bits per heavy atom. The minimum Gasteiger partial charge on any atom is -0.492 e. The van der Waals surface area contributed by atoms with E-state index < -0.39 is 0 Å². The lowest BCUT2D eigenvalue weighted by Gasteiger charge is -2.09. The van der Waals surface area contributed by atoms with Gasteiger partial charge in [-0.05, 0) is 42.0 Å². The van der Waals surface area contributed by atoms with Gasteiger partial charge >= 0.3 is 0 Å². The number of ether oxygens (including phenoxy) is 1. The van der Waals surface area contributed by atoms with Crippen molar-refractivity contribution in [2.75, 3.05) is 11.9 Å². The molecule has 2 aromatic heterocycles. The maximum absolute atomic E-state index is 12.6. The molecule has 1 N–H and O–H groups in total. The first-order valence-electron chi connectivity index (χ1n) is 8.90. The van der Waals surface area contributed by atoms with Gasteiger partial charge < -0.3 is 10.1 Å². The van der Waals surface area contributed by atoms with Crippen molar-refractivity contribution in [1.29, 1.82) is 0 Å². The van der Waals surface area contributed by atoms with Gasteiger partial charge in [0.15, 0.2) is 0 Å². The molecular formula is C21H17ClN4O2S. The summed E-state index contributed by atoms with van der Waals surface area (Å²) in [6, 6.07) is 18.6. The van der Waals surface area contributed by atoms with Gasteiger partial charge in [-0.15, -0.1) is 11.3 Å². The van der Waals surface area contributed by atoms with E-state index in [1.165, 1.54) is 17.7 Å². The highest BCUT2D eigenvalue weighted by atomic mass is 35.5. The number of hydrogen-bond donors (Lipinski definition) is 1. The lowest BCUT2D eigenvalue weighted by Crippen LogP contribution is -2.11. The molecule has 2 aromatic carbocycles. The topological polar surface area (TPSA) is 69.0 Å². The van der Waals surface area contributed by atoms with Crippen LogP contribution in [-0.2, 0) is 6.54 Å². The van der Waals surface area contributed by atoms with Crippen molar-refractivity contribution >= 4 is 34.5 Å². The smallest absolute Gasteiger partial charge is 0.265 e. The van der Waals surface area contributed by atoms with Crippen LogP contribution in [0.4, 0.5) is 5.69 Å². The van der Waals surface area contributed by atoms with Gasteiger partial charge in [-0.3, -0.25) is 4.79 Å². The van der Waals surface area contributed by atoms with Crippen molar-refractivity contribution in [2.24, 2.45) is 0 Å². The van der Waals surface area contributed by atoms with E-state index in [1.54, 1.807) is 17.1 Å². The Kier molecular flexibility index (Phi) is 5.88. The fraction of sp³-hybridized carbons (Fsp3) is 0.0952. The van der Waals surface area contributed by atoms with Gasteiger partial charge in [0.1, 0.15) is 25.0 Å². The Bertz CT molecular complexity index is 1090. The molecule has 0 radical (unpaired) electrons. The van der Waals surface area contributed by atoms with Gasteiger partial charge in [0.25, 0.3) is 5.91 Å². The molecule has 6 nitrogen and oxygen atoms in total. The molecular weight excluding hydrogens is 408 g/mol. The number of hydrogen-bond acceptors (Lipinski definition) is 5. The lowest BCUT2D eigenvalue weighted by atomic mass is 10.2. The van der Waals surface area contributed by atoms with E-state index in [1.807, 2.05) is 54.6 Å². The summed E-state index contributed by atoms with van der Waals surface area (Å²) in [7, 11) is 0. The van der Waals surface area contributed by atoms with Crippen LogP contribution in [0, 0.1) is 0 Å². The van der Waals surface area contributed by atoms with Crippen molar-refractivity contribution < 1.29 is 9.53 Å². The summed E-state index contributed by atoms with van der Waals surface area (Å²) in [6.45, 7) is 1.05. The number of halogens is 1. The first kappa shape index (κ1) is 19.2. The zero-order valence-corrected chi connectivity index (χ0v) is 16.9. The molecule has 8 heteroatoms. The monoisotopic (exact) mass is 424 g/mol. The Balaban J connectivity index is 1.37. The third kappa shape index (κ3) is 5.01. The number of benzene rings is 2. The maximum atomic E-state index is 12.6. The van der Waals surface area contributed by atoms with E-state index in [9.17, 15) is 4.79 Å². The summed E-state index contributed by atoms with van der Waals surface area (Å²) >= 11 is 7.37. The van der Waals surface area contributed by atoms with E-state index in [0.29, 0.717) is 34.5 Å². The number of rotatable bonds is 7. The van der Waals surface area contributed by atoms with Crippen molar-refractivity contribution in [3.8, 4) is 16.2 Å². The van der Waals surface area contributed by atoms with Crippen molar-refractivity contribution in [3.05, 3.63) is 83.2 Å². The van der Waals surface area contributed by atoms with Crippen LogP contribution in [0.25, 0.3) is 10.4 Å². The van der Waals surface area contributed by atoms with Gasteiger partial charge in [-0.2, -0.15) is 5.10 Å². The fourth-order valence-corrected chi connectivity index (χ4v) is 3.72. The number of carbonyl (C=O) groups excluding carboxylic acids is 1. The largest absolute Gasteiger partial charge is 0.492 e. The van der Waals surface area contributed by atoms with Crippen LogP contribution in [0.5, 0.6) is 5.75 Å². The summed E-state index contributed by atoms with van der Waals surface area (Å²) in [5, 5.41) is 7.64. The molecule has 0 aliphatic carbocycles. The predicted octanol–water partition coefficient (Wildman–Crippen LogP) is 4.99. The average molecular weight is 425 g/mol. The second kappa shape index (κ2) is 8.89. The number of carbonyl (C=O) groups is 1. The van der Waals surface area contributed by atoms with E-state index in [-0.39, 0.29) is 5.91 Å². The molecule has 1 amide bonds. The molecule has 0 unspecified atom stereocenters. The molecule has 0 fully saturated rings. The normalized spacial score (nSPS) is 10.7. The van der Waals surface area contributed by atoms with Crippen LogP contribution in [0.15, 0.2) is 73.3 Å². The second-order valence-electron chi connectivity index (χ2n) is 6.16. The molecule has 4 rings (SSSR count). The van der Waals surface area contributed by atoms with Crippen LogP contribution in [-0.4, -0.2) is 27.3 Å². The Labute approximate surface area is 176 Å². The van der Waals surface area contributed by atoms with Crippen molar-refractivity contribution in [3.63, 3.8) is 0 Å². The quantitative estimate of drug-likeness (QED) is 0.453. The highest BCUT2D eigenvalue weighted by Crippen LogP contribution is 2.29. The zero-order chi connectivity index (χ0) is 20.1. The van der Waals surface area contributed by atoms with Gasteiger partial charge in [0.05, 0.1) is 11.4 Å². The summed E-state index contributed by atoms with van der Waals surface area (Å²) in [5.41, 5.74) is 1.70. The third-order valence-electron chi connectivity index (χ3n) is 4.11. The van der Waals surface area contributed by atoms with Crippen LogP contribution in [0.2, 0.25) is 5.02 Å². The Morgan fingerprint density at radius 1 is 1.14 bits per heavy atom. The molecule has 146 valence electrons. The summed E-state index contributed by atoms with van der Waals surface area (Å²) in [5.74, 6) is 0.519. The molecule has 0 saturated carbocycles. The van der Waals surface area contributed by atoms with E-state index in [0.717, 1.165) is 10.4 Å². The zero-order valence-electron chi connectivity index (χ0n) is 15.3. The highest BCUT2D eigenvalue weighted by Gasteiger charge is 2.11. The molecule has 0 bridgehead atoms. The summed E-state index contributed by atoms with van der Waals surface area (Å²) < 4.78 is 7.43. The van der Waals surface area contributed by atoms with Crippen LogP contribution in [0.1, 0.15) is 9.67 Å². The molecule has 29 heavy (non-hydrogen) atoms. The summed E-state index contributed by atoms with van der Waals surface area (Å²) in [6.07, 6.45) is 3.12. The molecule has 0 spiro atoms. The third-order valence-corrected chi connectivity index (χ3v) is 5.49. The molecule has 0 aliphatic heterocycles. The number of nitrogens with zero attached hydrogens (tertiary/aromatic N) is 3. The molecule has 0 saturated heterocycles. The number of nitrogens with one attached hydrogen (secondary N) is 1. The van der Waals surface area contributed by atoms with Crippen LogP contribution < -0.4 is 10.1 Å². The highest BCUT2D eigenvalue weighted by molar-refractivity contribution is 7.17. The molecule has 0 atom stereocenters. The molecule has 4 aromatic rings. The van der Waals surface area contributed by atoms with Crippen molar-refractivity contribution in [1.82, 2.24) is 14.8 Å². The van der Waals surface area contributed by atoms with E-state index in [2.05, 4.69) is 15.4 Å². The lowest BCUT2D eigenvalue weighted by molar-refractivity contribution is 0.103. The van der Waals surface area contributed by atoms with E-state index >= 15 is 0 Å². The number of anilines is 1. The molecule has 0 aliphatic rings. The number of thiophene rings is 1. The Morgan fingerprint density at radius 3 is 2.79 bits per heavy atom. The minimum atomic E-state index is -0.157. The maximum Gasteiger partial charge on any atom is 0.265 e. The van der Waals surface area contributed by atoms with Crippen LogP contribution >= 0.6 is 22.9 Å². The fourth-order valence-electron chi connectivity index (χ4n) is 2.69. The first-order valence-corrected chi connectivity index (χ1v) is 10.1. The standard InChI is InChI=1S/C21H17ClN4O2S/c22-16-6-4-15(5-7-16)19-8-9-20(29-19)21(27)25-17-2-1-3-18(12-17)28-11-10-26-14-23-13-24-26/h1-9,12-14H,10-11H2,(H,25,27). The average Bonchev–Trinajstić information content (AvgIpc) is 3.41. The van der Waals surface area contributed by atoms with Crippen molar-refractivity contribution in [2.45, 2.75) is 6.54 Å². The van der Waals surface area contributed by atoms with Gasteiger partial charge in [-0.25, -0.2) is 9.67 Å². The molecule has 2 heterocycles. The predicted molar refractivity (Wildman–Crippen MR) is 115 cm³/mol. The summed E-state index contributed by atoms with van der Waals surface area (Å²) in [4.78, 5) is 18.1. The Hall–Kier alpha value is -3.16. The SMILES string of the molecule is O=C(Nc1cccc(OCCn2cncn2)c1)c1ccc(-c2ccc(Cl)cc2)s1. The number of amides is 1. The van der Waals surface area contributed by atoms with Gasteiger partial charge in [-0.1, -0.05) is 29.8 Å². The number of aromatic nitrogens is 3. The van der Waals surface area contributed by atoms with Gasteiger partial charge in [0, 0.05) is 21.7 Å².